The molecule has 2 N–H and O–H groups in total. The van der Waals surface area contributed by atoms with Gasteiger partial charge in [0.15, 0.2) is 0 Å². The minimum absolute atomic E-state index is 0. The van der Waals surface area contributed by atoms with E-state index < -0.39 is 6.10 Å². The maximum absolute atomic E-state index is 10.1. The van der Waals surface area contributed by atoms with Crippen molar-refractivity contribution >= 4 is 12.4 Å². The molecule has 0 aromatic heterocycles. The van der Waals surface area contributed by atoms with Gasteiger partial charge in [-0.15, -0.1) is 12.4 Å². The van der Waals surface area contributed by atoms with E-state index in [1.807, 2.05) is 31.2 Å². The summed E-state index contributed by atoms with van der Waals surface area (Å²) in [5, 5.41) is 13.6. The van der Waals surface area contributed by atoms with Crippen molar-refractivity contribution in [2.75, 3.05) is 13.2 Å². The van der Waals surface area contributed by atoms with Crippen molar-refractivity contribution in [3.05, 3.63) is 65.2 Å². The molecule has 3 rings (SSSR count). The van der Waals surface area contributed by atoms with Crippen LogP contribution < -0.4 is 10.1 Å². The fourth-order valence-electron chi connectivity index (χ4n) is 3.14. The van der Waals surface area contributed by atoms with Crippen LogP contribution in [0.15, 0.2) is 48.5 Å². The summed E-state index contributed by atoms with van der Waals surface area (Å²) in [6.07, 6.45) is 2.79. The Morgan fingerprint density at radius 2 is 1.83 bits per heavy atom. The summed E-state index contributed by atoms with van der Waals surface area (Å²) in [6, 6.07) is 17.0. The molecule has 0 fully saturated rings. The maximum Gasteiger partial charge on any atom is 0.122 e. The van der Waals surface area contributed by atoms with Crippen molar-refractivity contribution in [1.82, 2.24) is 5.32 Å². The van der Waals surface area contributed by atoms with Gasteiger partial charge < -0.3 is 15.2 Å². The van der Waals surface area contributed by atoms with Crippen LogP contribution in [0.4, 0.5) is 0 Å². The van der Waals surface area contributed by atoms with Gasteiger partial charge in [-0.2, -0.15) is 0 Å². The molecule has 130 valence electrons. The number of hydrogen-bond acceptors (Lipinski definition) is 3. The van der Waals surface area contributed by atoms with Gasteiger partial charge in [-0.1, -0.05) is 42.5 Å². The highest BCUT2D eigenvalue weighted by Crippen LogP contribution is 2.21. The standard InChI is InChI=1S/C20H25NO2.ClH/c1-15-6-2-5-9-20(15)23-14-19(22)13-21-18-11-10-16-7-3-4-8-17(16)12-18;/h2-9,18-19,21-22H,10-14H2,1H3;1H. The normalized spacial score (nSPS) is 17.5. The van der Waals surface area contributed by atoms with E-state index in [2.05, 4.69) is 29.6 Å². The molecule has 2 unspecified atom stereocenters. The van der Waals surface area contributed by atoms with Gasteiger partial charge in [-0.05, 0) is 48.9 Å². The van der Waals surface area contributed by atoms with Gasteiger partial charge in [0.05, 0.1) is 0 Å². The second-order valence-electron chi connectivity index (χ2n) is 6.35. The van der Waals surface area contributed by atoms with Crippen LogP contribution in [0.5, 0.6) is 5.75 Å². The van der Waals surface area contributed by atoms with E-state index in [-0.39, 0.29) is 12.4 Å². The maximum atomic E-state index is 10.1. The molecule has 0 aliphatic heterocycles. The zero-order chi connectivity index (χ0) is 16.1. The molecular formula is C20H26ClNO2. The fourth-order valence-corrected chi connectivity index (χ4v) is 3.14. The van der Waals surface area contributed by atoms with E-state index in [9.17, 15) is 5.11 Å². The number of fused-ring (bicyclic) bond motifs is 1. The third kappa shape index (κ3) is 4.97. The third-order valence-corrected chi connectivity index (χ3v) is 4.51. The predicted molar refractivity (Wildman–Crippen MR) is 100 cm³/mol. The monoisotopic (exact) mass is 347 g/mol. The Balaban J connectivity index is 0.00000208. The lowest BCUT2D eigenvalue weighted by Gasteiger charge is -2.26. The summed E-state index contributed by atoms with van der Waals surface area (Å²) in [6.45, 7) is 2.90. The molecule has 3 nitrogen and oxygen atoms in total. The SMILES string of the molecule is Cc1ccccc1OCC(O)CNC1CCc2ccccc2C1.Cl. The lowest BCUT2D eigenvalue weighted by atomic mass is 9.88. The van der Waals surface area contributed by atoms with E-state index in [0.717, 1.165) is 30.6 Å². The fraction of sp³-hybridized carbons (Fsp3) is 0.400. The molecule has 2 atom stereocenters. The lowest BCUT2D eigenvalue weighted by molar-refractivity contribution is 0.102. The van der Waals surface area contributed by atoms with Crippen molar-refractivity contribution in [3.8, 4) is 5.75 Å². The molecule has 4 heteroatoms. The van der Waals surface area contributed by atoms with Gasteiger partial charge in [-0.25, -0.2) is 0 Å². The van der Waals surface area contributed by atoms with Crippen LogP contribution in [0.3, 0.4) is 0 Å². The number of hydrogen-bond donors (Lipinski definition) is 2. The van der Waals surface area contributed by atoms with Crippen LogP contribution in [-0.2, 0) is 12.8 Å². The molecule has 24 heavy (non-hydrogen) atoms. The molecule has 0 spiro atoms. The van der Waals surface area contributed by atoms with E-state index in [0.29, 0.717) is 19.2 Å². The Morgan fingerprint density at radius 3 is 2.62 bits per heavy atom. The average molecular weight is 348 g/mol. The van der Waals surface area contributed by atoms with Gasteiger partial charge in [0.25, 0.3) is 0 Å². The molecule has 0 bridgehead atoms. The molecule has 0 saturated heterocycles. The summed E-state index contributed by atoms with van der Waals surface area (Å²) in [4.78, 5) is 0. The minimum Gasteiger partial charge on any atom is -0.491 e. The molecule has 0 saturated carbocycles. The Bertz CT molecular complexity index is 647. The Hall–Kier alpha value is -1.55. The highest BCUT2D eigenvalue weighted by molar-refractivity contribution is 5.85. The number of benzene rings is 2. The molecule has 2 aromatic rings. The largest absolute Gasteiger partial charge is 0.491 e. The number of aryl methyl sites for hydroxylation is 2. The minimum atomic E-state index is -0.494. The van der Waals surface area contributed by atoms with Gasteiger partial charge in [0.1, 0.15) is 18.5 Å². The predicted octanol–water partition coefficient (Wildman–Crippen LogP) is 3.30. The molecule has 0 radical (unpaired) electrons. The lowest BCUT2D eigenvalue weighted by Crippen LogP contribution is -2.40. The molecule has 2 aromatic carbocycles. The number of ether oxygens (including phenoxy) is 1. The number of para-hydroxylation sites is 1. The van der Waals surface area contributed by atoms with Crippen LogP contribution >= 0.6 is 12.4 Å². The Kier molecular flexibility index (Phi) is 7.10. The zero-order valence-corrected chi connectivity index (χ0v) is 14.9. The molecule has 1 aliphatic rings. The Labute approximate surface area is 150 Å². The summed E-state index contributed by atoms with van der Waals surface area (Å²) in [7, 11) is 0. The van der Waals surface area contributed by atoms with Gasteiger partial charge in [0, 0.05) is 12.6 Å². The van der Waals surface area contributed by atoms with Crippen molar-refractivity contribution in [3.63, 3.8) is 0 Å². The van der Waals surface area contributed by atoms with Crippen LogP contribution in [0.25, 0.3) is 0 Å². The summed E-state index contributed by atoms with van der Waals surface area (Å²) >= 11 is 0. The van der Waals surface area contributed by atoms with Crippen LogP contribution in [-0.4, -0.2) is 30.4 Å². The first-order chi connectivity index (χ1) is 11.2. The average Bonchev–Trinajstić information content (AvgIpc) is 2.59. The van der Waals surface area contributed by atoms with Crippen molar-refractivity contribution < 1.29 is 9.84 Å². The first-order valence-electron chi connectivity index (χ1n) is 8.39. The van der Waals surface area contributed by atoms with Crippen molar-refractivity contribution in [1.29, 1.82) is 0 Å². The van der Waals surface area contributed by atoms with Crippen molar-refractivity contribution in [2.24, 2.45) is 0 Å². The summed E-state index contributed by atoms with van der Waals surface area (Å²) < 4.78 is 5.70. The summed E-state index contributed by atoms with van der Waals surface area (Å²) in [5.74, 6) is 0.846. The van der Waals surface area contributed by atoms with E-state index in [1.165, 1.54) is 11.1 Å². The van der Waals surface area contributed by atoms with Gasteiger partial charge in [-0.3, -0.25) is 0 Å². The van der Waals surface area contributed by atoms with Gasteiger partial charge >= 0.3 is 0 Å². The number of nitrogens with one attached hydrogen (secondary N) is 1. The molecule has 0 heterocycles. The smallest absolute Gasteiger partial charge is 0.122 e. The van der Waals surface area contributed by atoms with E-state index in [1.54, 1.807) is 0 Å². The number of aliphatic hydroxyl groups is 1. The molecule has 1 aliphatic carbocycles. The first-order valence-corrected chi connectivity index (χ1v) is 8.39. The van der Waals surface area contributed by atoms with Crippen LogP contribution in [0, 0.1) is 6.92 Å². The third-order valence-electron chi connectivity index (χ3n) is 4.51. The quantitative estimate of drug-likeness (QED) is 0.842. The number of halogens is 1. The van der Waals surface area contributed by atoms with Crippen molar-refractivity contribution in [2.45, 2.75) is 38.3 Å². The number of rotatable bonds is 6. The second kappa shape index (κ2) is 9.07. The zero-order valence-electron chi connectivity index (χ0n) is 14.1. The van der Waals surface area contributed by atoms with Gasteiger partial charge in [0.2, 0.25) is 0 Å². The van der Waals surface area contributed by atoms with Crippen LogP contribution in [0.1, 0.15) is 23.1 Å². The first kappa shape index (κ1) is 18.8. The Morgan fingerprint density at radius 1 is 1.12 bits per heavy atom. The van der Waals surface area contributed by atoms with E-state index >= 15 is 0 Å². The van der Waals surface area contributed by atoms with Crippen LogP contribution in [0.2, 0.25) is 0 Å². The second-order valence-corrected chi connectivity index (χ2v) is 6.35. The highest BCUT2D eigenvalue weighted by Gasteiger charge is 2.18. The molecule has 0 amide bonds. The topological polar surface area (TPSA) is 41.5 Å². The molecular weight excluding hydrogens is 322 g/mol. The summed E-state index contributed by atoms with van der Waals surface area (Å²) in [5.41, 5.74) is 3.99. The van der Waals surface area contributed by atoms with E-state index in [4.69, 9.17) is 4.74 Å². The number of aliphatic hydroxyl groups excluding tert-OH is 1. The highest BCUT2D eigenvalue weighted by atomic mass is 35.5.